The molecule has 0 aromatic heterocycles. The number of allylic oxidation sites excluding steroid dienone is 4. The van der Waals surface area contributed by atoms with E-state index in [4.69, 9.17) is 9.47 Å². The van der Waals surface area contributed by atoms with Gasteiger partial charge in [-0.15, -0.1) is 6.42 Å². The topological polar surface area (TPSA) is 67.9 Å². The van der Waals surface area contributed by atoms with Crippen molar-refractivity contribution in [2.75, 3.05) is 26.2 Å². The molecule has 0 saturated carbocycles. The van der Waals surface area contributed by atoms with E-state index >= 15 is 0 Å². The van der Waals surface area contributed by atoms with Crippen molar-refractivity contribution in [3.63, 3.8) is 0 Å². The van der Waals surface area contributed by atoms with E-state index in [-0.39, 0.29) is 68.6 Å². The van der Waals surface area contributed by atoms with Crippen LogP contribution in [0.25, 0.3) is 0 Å². The molecule has 0 aromatic carbocycles. The first-order valence-electron chi connectivity index (χ1n) is 18.0. The summed E-state index contributed by atoms with van der Waals surface area (Å²) in [5.74, 6) is -0.517. The molecular formula is C41H78N2O4W. The maximum absolute atomic E-state index is 13.4. The van der Waals surface area contributed by atoms with Crippen LogP contribution in [0, 0.1) is 35.5 Å². The summed E-state index contributed by atoms with van der Waals surface area (Å²) in [6.45, 7) is 36.6. The summed E-state index contributed by atoms with van der Waals surface area (Å²) in [4.78, 5) is 28.9. The zero-order valence-corrected chi connectivity index (χ0v) is 37.2. The van der Waals surface area contributed by atoms with E-state index in [0.717, 1.165) is 39.0 Å². The molecule has 2 unspecified atom stereocenters. The Morgan fingerprint density at radius 3 is 1.75 bits per heavy atom. The van der Waals surface area contributed by atoms with E-state index in [1.807, 2.05) is 19.4 Å². The van der Waals surface area contributed by atoms with Gasteiger partial charge in [0.05, 0.1) is 0 Å². The quantitative estimate of drug-likeness (QED) is 0.0665. The number of likely N-dealkylation sites (N-methyl/N-ethyl adjacent to an activating group) is 1. The minimum Gasteiger partial charge on any atom is -0.461 e. The second kappa shape index (κ2) is 23.5. The summed E-state index contributed by atoms with van der Waals surface area (Å²) < 4.78 is 12.4. The zero-order chi connectivity index (χ0) is 35.8. The molecule has 0 saturated heterocycles. The van der Waals surface area contributed by atoms with Crippen molar-refractivity contribution in [2.45, 2.75) is 167 Å². The SMILES string of the molecule is C[CH-]CC(OC(=O)CC/C=C/C(C)(C)C)C(OC(=O)CC/C=C/C(C)(C)CC(C)(C)C)C(C)(C)CC(C)(C)NCCN(CC)CC.[CH3-].[W+2]. The van der Waals surface area contributed by atoms with E-state index in [1.165, 1.54) is 0 Å². The van der Waals surface area contributed by atoms with Gasteiger partial charge >= 0.3 is 33.0 Å². The minimum absolute atomic E-state index is 0. The van der Waals surface area contributed by atoms with Gasteiger partial charge in [0.1, 0.15) is 12.2 Å². The second-order valence-corrected chi connectivity index (χ2v) is 17.6. The molecule has 0 bridgehead atoms. The second-order valence-electron chi connectivity index (χ2n) is 17.6. The molecule has 48 heavy (non-hydrogen) atoms. The van der Waals surface area contributed by atoms with Crippen LogP contribution in [-0.4, -0.2) is 60.8 Å². The molecule has 1 N–H and O–H groups in total. The summed E-state index contributed by atoms with van der Waals surface area (Å²) in [5.41, 5.74) is -0.340. The minimum atomic E-state index is -0.588. The molecule has 0 aliphatic carbocycles. The standard InChI is InChI=1S/C40H75N2O4.CH3.W/c1-16-23-32(45-33(43)24-19-21-26-36(4,5)6)35(39(12,13)31-40(14,15)41-28-29-42(17-2)18-3)46-34(44)25-20-22-27-38(10,11)30-37(7,8)9;;/h16,21-22,26-27,32,35,41H,17-20,23-25,28-31H2,1-15H3;1H3;/q2*-1;+2/b26-21+,27-22+;;. The summed E-state index contributed by atoms with van der Waals surface area (Å²) >= 11 is 0. The van der Waals surface area contributed by atoms with Crippen molar-refractivity contribution in [3.8, 4) is 0 Å². The number of esters is 2. The molecule has 0 rings (SSSR count). The normalized spacial score (nSPS) is 14.5. The van der Waals surface area contributed by atoms with Gasteiger partial charge in [0.2, 0.25) is 0 Å². The summed E-state index contributed by atoms with van der Waals surface area (Å²) in [6.07, 6.45) is 13.5. The molecule has 0 radical (unpaired) electrons. The molecule has 0 fully saturated rings. The molecule has 6 nitrogen and oxygen atoms in total. The third kappa shape index (κ3) is 25.1. The third-order valence-corrected chi connectivity index (χ3v) is 8.14. The predicted octanol–water partition coefficient (Wildman–Crippen LogP) is 10.2. The molecule has 0 spiro atoms. The van der Waals surface area contributed by atoms with Gasteiger partial charge in [-0.3, -0.25) is 9.59 Å². The van der Waals surface area contributed by atoms with Crippen LogP contribution in [0.1, 0.15) is 149 Å². The van der Waals surface area contributed by atoms with Gasteiger partial charge in [-0.2, -0.15) is 6.92 Å². The van der Waals surface area contributed by atoms with Crippen molar-refractivity contribution in [3.05, 3.63) is 38.2 Å². The van der Waals surface area contributed by atoms with E-state index < -0.39 is 17.6 Å². The Hall–Kier alpha value is -0.972. The van der Waals surface area contributed by atoms with Gasteiger partial charge < -0.3 is 33.5 Å². The fourth-order valence-corrected chi connectivity index (χ4v) is 6.69. The van der Waals surface area contributed by atoms with E-state index in [9.17, 15) is 9.59 Å². The van der Waals surface area contributed by atoms with Gasteiger partial charge in [0, 0.05) is 36.9 Å². The average Bonchev–Trinajstić information content (AvgIpc) is 2.87. The third-order valence-electron chi connectivity index (χ3n) is 8.14. The van der Waals surface area contributed by atoms with Crippen molar-refractivity contribution < 1.29 is 40.1 Å². The Labute approximate surface area is 313 Å². The van der Waals surface area contributed by atoms with Crippen molar-refractivity contribution in [1.82, 2.24) is 10.2 Å². The van der Waals surface area contributed by atoms with Crippen molar-refractivity contribution >= 4 is 11.9 Å². The van der Waals surface area contributed by atoms with Crippen LogP contribution in [0.15, 0.2) is 24.3 Å². The van der Waals surface area contributed by atoms with Crippen LogP contribution >= 0.6 is 0 Å². The van der Waals surface area contributed by atoms with Crippen molar-refractivity contribution in [2.24, 2.45) is 21.7 Å². The number of hydrogen-bond donors (Lipinski definition) is 1. The zero-order valence-electron chi connectivity index (χ0n) is 34.3. The number of carbonyl (C=O) groups excluding carboxylic acids is 2. The Bertz CT molecular complexity index is 937. The molecule has 2 atom stereocenters. The fourth-order valence-electron chi connectivity index (χ4n) is 6.69. The monoisotopic (exact) mass is 847 g/mol. The van der Waals surface area contributed by atoms with E-state index in [0.29, 0.717) is 25.7 Å². The van der Waals surface area contributed by atoms with Crippen LogP contribution in [0.3, 0.4) is 0 Å². The van der Waals surface area contributed by atoms with Crippen molar-refractivity contribution in [1.29, 1.82) is 0 Å². The van der Waals surface area contributed by atoms with E-state index in [2.05, 4.69) is 125 Å². The molecule has 0 amide bonds. The van der Waals surface area contributed by atoms with Gasteiger partial charge in [-0.1, -0.05) is 107 Å². The van der Waals surface area contributed by atoms with Crippen LogP contribution in [0.2, 0.25) is 0 Å². The fraction of sp³-hybridized carbons (Fsp3) is 0.805. The molecule has 0 heterocycles. The first kappa shape index (κ1) is 51.4. The van der Waals surface area contributed by atoms with Crippen LogP contribution in [0.4, 0.5) is 0 Å². The predicted molar refractivity (Wildman–Crippen MR) is 203 cm³/mol. The molecule has 0 aromatic rings. The first-order valence-corrected chi connectivity index (χ1v) is 18.0. The summed E-state index contributed by atoms with van der Waals surface area (Å²) in [6, 6.07) is 0. The number of carbonyl (C=O) groups is 2. The maximum atomic E-state index is 13.4. The Morgan fingerprint density at radius 1 is 0.792 bits per heavy atom. The Kier molecular flexibility index (Phi) is 25.2. The Morgan fingerprint density at radius 2 is 1.29 bits per heavy atom. The van der Waals surface area contributed by atoms with Gasteiger partial charge in [0.25, 0.3) is 0 Å². The molecule has 7 heteroatoms. The number of nitrogens with zero attached hydrogens (tertiary/aromatic N) is 1. The smallest absolute Gasteiger partial charge is 0.461 e. The number of ether oxygens (including phenoxy) is 2. The van der Waals surface area contributed by atoms with Gasteiger partial charge in [-0.25, -0.2) is 0 Å². The number of nitrogens with one attached hydrogen (secondary N) is 1. The van der Waals surface area contributed by atoms with Gasteiger partial charge in [0.15, 0.2) is 0 Å². The summed E-state index contributed by atoms with van der Waals surface area (Å²) in [5, 5.41) is 3.74. The molecular weight excluding hydrogens is 768 g/mol. The van der Waals surface area contributed by atoms with E-state index in [1.54, 1.807) is 0 Å². The van der Waals surface area contributed by atoms with Crippen LogP contribution in [-0.2, 0) is 40.1 Å². The number of rotatable bonds is 22. The molecule has 0 aliphatic rings. The summed E-state index contributed by atoms with van der Waals surface area (Å²) in [7, 11) is 0. The molecule has 0 aliphatic heterocycles. The first-order chi connectivity index (χ1) is 21.0. The molecule has 282 valence electrons. The number of hydrogen-bond acceptors (Lipinski definition) is 6. The van der Waals surface area contributed by atoms with Crippen LogP contribution < -0.4 is 5.32 Å². The average molecular weight is 847 g/mol. The van der Waals surface area contributed by atoms with Crippen LogP contribution in [0.5, 0.6) is 0 Å². The van der Waals surface area contributed by atoms with Gasteiger partial charge in [-0.05, 0) is 68.9 Å². The largest absolute Gasteiger partial charge is 2.00 e. The Balaban J connectivity index is -0.0000101. The maximum Gasteiger partial charge on any atom is 2.00 e.